The van der Waals surface area contributed by atoms with E-state index < -0.39 is 5.91 Å². The lowest BCUT2D eigenvalue weighted by Gasteiger charge is -2.29. The van der Waals surface area contributed by atoms with Crippen molar-refractivity contribution < 1.29 is 4.79 Å². The molecular formula is C23H20ClN9O. The lowest BCUT2D eigenvalue weighted by atomic mass is 10.1. The topological polar surface area (TPSA) is 133 Å². The van der Waals surface area contributed by atoms with Crippen molar-refractivity contribution in [2.45, 2.75) is 6.17 Å². The summed E-state index contributed by atoms with van der Waals surface area (Å²) in [6, 6.07) is 16.7. The lowest BCUT2D eigenvalue weighted by molar-refractivity contribution is 0.0935. The van der Waals surface area contributed by atoms with E-state index in [2.05, 4.69) is 36.2 Å². The minimum absolute atomic E-state index is 0.0588. The molecule has 0 radical (unpaired) electrons. The number of aliphatic imine (C=N–C) groups is 1. The molecule has 5 rings (SSSR count). The normalized spacial score (nSPS) is 17.6. The number of nitrogens with two attached hydrogens (primary N) is 1. The van der Waals surface area contributed by atoms with Gasteiger partial charge in [-0.2, -0.15) is 5.10 Å². The van der Waals surface area contributed by atoms with Gasteiger partial charge >= 0.3 is 0 Å². The Kier molecular flexibility index (Phi) is 5.79. The predicted octanol–water partition coefficient (Wildman–Crippen LogP) is 2.46. The van der Waals surface area contributed by atoms with Gasteiger partial charge in [0.15, 0.2) is 23.5 Å². The van der Waals surface area contributed by atoms with E-state index in [9.17, 15) is 4.79 Å². The highest BCUT2D eigenvalue weighted by molar-refractivity contribution is 6.30. The molecule has 2 aliphatic rings. The van der Waals surface area contributed by atoms with E-state index in [-0.39, 0.29) is 24.2 Å². The molecule has 3 heterocycles. The number of hydrogen-bond acceptors (Lipinski definition) is 8. The maximum atomic E-state index is 12.9. The molecule has 3 aromatic rings. The first kappa shape index (κ1) is 21.4. The molecule has 1 atom stereocenters. The molecule has 0 fully saturated rings. The van der Waals surface area contributed by atoms with Crippen LogP contribution in [-0.4, -0.2) is 45.3 Å². The summed E-state index contributed by atoms with van der Waals surface area (Å²) < 4.78 is 0. The average molecular weight is 474 g/mol. The average Bonchev–Trinajstić information content (AvgIpc) is 3.25. The number of carbonyl (C=O) groups is 1. The van der Waals surface area contributed by atoms with Crippen molar-refractivity contribution in [3.63, 3.8) is 0 Å². The molecule has 11 heteroatoms. The molecule has 170 valence electrons. The van der Waals surface area contributed by atoms with Gasteiger partial charge in [-0.15, -0.1) is 0 Å². The number of benzene rings is 2. The van der Waals surface area contributed by atoms with Gasteiger partial charge in [-0.25, -0.2) is 20.0 Å². The molecule has 10 nitrogen and oxygen atoms in total. The lowest BCUT2D eigenvalue weighted by Crippen LogP contribution is -2.56. The fourth-order valence-electron chi connectivity index (χ4n) is 3.45. The smallest absolute Gasteiger partial charge is 0.273 e. The molecule has 2 aromatic carbocycles. The SMILES string of the molecule is Nc1ncc(-c2ccccc2)nc1C(=O)NCC1NN=C2C=CC(=Nc3cccc(Cl)c3)NN21. The minimum Gasteiger partial charge on any atom is -0.382 e. The highest BCUT2D eigenvalue weighted by atomic mass is 35.5. The number of nitrogens with one attached hydrogen (secondary N) is 3. The van der Waals surface area contributed by atoms with Crippen molar-refractivity contribution in [2.75, 3.05) is 12.3 Å². The third-order valence-electron chi connectivity index (χ3n) is 5.11. The van der Waals surface area contributed by atoms with Crippen LogP contribution in [0, 0.1) is 0 Å². The van der Waals surface area contributed by atoms with E-state index in [0.717, 1.165) is 5.56 Å². The van der Waals surface area contributed by atoms with Crippen molar-refractivity contribution in [3.05, 3.63) is 83.7 Å². The third-order valence-corrected chi connectivity index (χ3v) is 5.35. The Balaban J connectivity index is 1.26. The first-order chi connectivity index (χ1) is 16.6. The number of hydrogen-bond donors (Lipinski definition) is 4. The summed E-state index contributed by atoms with van der Waals surface area (Å²) in [6.45, 7) is 0.216. The number of amides is 1. The van der Waals surface area contributed by atoms with Gasteiger partial charge in [0.05, 0.1) is 24.1 Å². The first-order valence-corrected chi connectivity index (χ1v) is 10.8. The quantitative estimate of drug-likeness (QED) is 0.447. The standard InChI is InChI=1S/C23H20ClN9O/c24-15-7-4-8-16(11-15)28-18-9-10-19-30-31-20(33(19)32-18)13-27-23(34)21-22(25)26-12-17(29-21)14-5-2-1-3-6-14/h1-12,20,31H,13H2,(H2,25,26)(H,27,34)(H,28,32). The Morgan fingerprint density at radius 3 is 2.85 bits per heavy atom. The number of nitrogens with zero attached hydrogens (tertiary/aromatic N) is 5. The maximum absolute atomic E-state index is 12.9. The molecule has 0 saturated heterocycles. The van der Waals surface area contributed by atoms with Gasteiger partial charge in [-0.1, -0.05) is 48.0 Å². The third kappa shape index (κ3) is 4.52. The van der Waals surface area contributed by atoms with Crippen molar-refractivity contribution in [1.82, 2.24) is 31.1 Å². The molecule has 0 saturated carbocycles. The van der Waals surface area contributed by atoms with Gasteiger partial charge in [-0.3, -0.25) is 15.6 Å². The molecule has 2 aliphatic heterocycles. The van der Waals surface area contributed by atoms with Gasteiger partial charge in [-0.05, 0) is 30.4 Å². The summed E-state index contributed by atoms with van der Waals surface area (Å²) in [5.74, 6) is 0.892. The Morgan fingerprint density at radius 2 is 2.03 bits per heavy atom. The van der Waals surface area contributed by atoms with E-state index in [1.165, 1.54) is 0 Å². The number of rotatable bonds is 5. The zero-order valence-corrected chi connectivity index (χ0v) is 18.6. The van der Waals surface area contributed by atoms with Gasteiger partial charge in [0.2, 0.25) is 0 Å². The number of hydrazine groups is 1. The van der Waals surface area contributed by atoms with E-state index >= 15 is 0 Å². The van der Waals surface area contributed by atoms with Crippen molar-refractivity contribution in [2.24, 2.45) is 10.1 Å². The Morgan fingerprint density at radius 1 is 1.18 bits per heavy atom. The van der Waals surface area contributed by atoms with Crippen LogP contribution in [0.5, 0.6) is 0 Å². The van der Waals surface area contributed by atoms with E-state index in [1.807, 2.05) is 54.6 Å². The predicted molar refractivity (Wildman–Crippen MR) is 131 cm³/mol. The summed E-state index contributed by atoms with van der Waals surface area (Å²) in [4.78, 5) is 26.0. The van der Waals surface area contributed by atoms with Crippen LogP contribution in [0.1, 0.15) is 10.5 Å². The van der Waals surface area contributed by atoms with E-state index in [0.29, 0.717) is 28.1 Å². The summed E-state index contributed by atoms with van der Waals surface area (Å²) >= 11 is 6.05. The van der Waals surface area contributed by atoms with Gasteiger partial charge < -0.3 is 11.1 Å². The molecule has 34 heavy (non-hydrogen) atoms. The Labute approximate surface area is 200 Å². The number of fused-ring (bicyclic) bond motifs is 1. The summed E-state index contributed by atoms with van der Waals surface area (Å²) in [7, 11) is 0. The number of nitrogen functional groups attached to an aromatic ring is 1. The van der Waals surface area contributed by atoms with Gasteiger partial charge in [0.25, 0.3) is 5.91 Å². The molecule has 1 amide bonds. The van der Waals surface area contributed by atoms with Crippen molar-refractivity contribution >= 4 is 40.7 Å². The highest BCUT2D eigenvalue weighted by Gasteiger charge is 2.30. The van der Waals surface area contributed by atoms with Crippen LogP contribution in [0.4, 0.5) is 11.5 Å². The van der Waals surface area contributed by atoms with Crippen molar-refractivity contribution in [3.8, 4) is 11.3 Å². The van der Waals surface area contributed by atoms with Gasteiger partial charge in [0, 0.05) is 10.6 Å². The summed E-state index contributed by atoms with van der Waals surface area (Å²) in [6.07, 6.45) is 4.82. The monoisotopic (exact) mass is 473 g/mol. The Hall–Kier alpha value is -4.44. The Bertz CT molecular complexity index is 1320. The fraction of sp³-hybridized carbons (Fsp3) is 0.0870. The van der Waals surface area contributed by atoms with Crippen LogP contribution in [0.15, 0.2) is 83.0 Å². The summed E-state index contributed by atoms with van der Waals surface area (Å²) in [5.41, 5.74) is 14.3. The van der Waals surface area contributed by atoms with E-state index in [1.54, 1.807) is 23.3 Å². The minimum atomic E-state index is -0.432. The van der Waals surface area contributed by atoms with Crippen LogP contribution in [0.2, 0.25) is 5.02 Å². The van der Waals surface area contributed by atoms with Crippen molar-refractivity contribution in [1.29, 1.82) is 0 Å². The molecule has 1 aromatic heterocycles. The number of carbonyl (C=O) groups excluding carboxylic acids is 1. The number of amidine groups is 2. The molecule has 5 N–H and O–H groups in total. The van der Waals surface area contributed by atoms with Crippen LogP contribution < -0.4 is 21.9 Å². The van der Waals surface area contributed by atoms with Crippen LogP contribution in [0.25, 0.3) is 11.3 Å². The second-order valence-electron chi connectivity index (χ2n) is 7.47. The number of halogens is 1. The summed E-state index contributed by atoms with van der Waals surface area (Å²) in [5, 5.41) is 9.50. The highest BCUT2D eigenvalue weighted by Crippen LogP contribution is 2.20. The first-order valence-electron chi connectivity index (χ1n) is 10.4. The number of hydrazone groups is 1. The molecule has 0 spiro atoms. The second-order valence-corrected chi connectivity index (χ2v) is 7.91. The molecular weight excluding hydrogens is 454 g/mol. The zero-order chi connectivity index (χ0) is 23.5. The molecule has 1 unspecified atom stereocenters. The van der Waals surface area contributed by atoms with Crippen LogP contribution in [-0.2, 0) is 0 Å². The molecule has 0 aliphatic carbocycles. The molecule has 0 bridgehead atoms. The number of aromatic nitrogens is 2. The zero-order valence-electron chi connectivity index (χ0n) is 17.8. The van der Waals surface area contributed by atoms with E-state index in [4.69, 9.17) is 17.3 Å². The van der Waals surface area contributed by atoms with Crippen LogP contribution in [0.3, 0.4) is 0 Å². The van der Waals surface area contributed by atoms with Crippen LogP contribution >= 0.6 is 11.6 Å². The largest absolute Gasteiger partial charge is 0.382 e. The number of anilines is 1. The fourth-order valence-corrected chi connectivity index (χ4v) is 3.63. The maximum Gasteiger partial charge on any atom is 0.273 e. The van der Waals surface area contributed by atoms with Gasteiger partial charge in [0.1, 0.15) is 5.84 Å². The second kappa shape index (κ2) is 9.20.